The molecule has 1 atom stereocenters. The number of hydrogen-bond acceptors (Lipinski definition) is 4. The van der Waals surface area contributed by atoms with E-state index in [1.165, 1.54) is 4.68 Å². The van der Waals surface area contributed by atoms with Crippen molar-refractivity contribution in [1.29, 1.82) is 0 Å². The SMILES string of the molecule is O=C(C[C@H]1CCNC1)NCCn1ncc2ccccc2c1=O. The molecule has 3 rings (SSSR count). The van der Waals surface area contributed by atoms with Gasteiger partial charge in [0.05, 0.1) is 18.1 Å². The maximum absolute atomic E-state index is 12.3. The van der Waals surface area contributed by atoms with Gasteiger partial charge in [0.2, 0.25) is 5.91 Å². The van der Waals surface area contributed by atoms with Gasteiger partial charge in [-0.05, 0) is 31.5 Å². The lowest BCUT2D eigenvalue weighted by Crippen LogP contribution is -2.33. The maximum Gasteiger partial charge on any atom is 0.274 e. The summed E-state index contributed by atoms with van der Waals surface area (Å²) in [5, 5.41) is 11.8. The van der Waals surface area contributed by atoms with E-state index in [9.17, 15) is 9.59 Å². The fraction of sp³-hybridized carbons (Fsp3) is 0.438. The molecule has 6 nitrogen and oxygen atoms in total. The van der Waals surface area contributed by atoms with Crippen LogP contribution < -0.4 is 16.2 Å². The van der Waals surface area contributed by atoms with Gasteiger partial charge in [-0.25, -0.2) is 4.68 Å². The summed E-state index contributed by atoms with van der Waals surface area (Å²) in [6, 6.07) is 7.38. The number of nitrogens with zero attached hydrogens (tertiary/aromatic N) is 2. The molecule has 116 valence electrons. The summed E-state index contributed by atoms with van der Waals surface area (Å²) in [7, 11) is 0. The first kappa shape index (κ1) is 14.7. The Morgan fingerprint density at radius 2 is 2.27 bits per heavy atom. The predicted octanol–water partition coefficient (Wildman–Crippen LogP) is 0.512. The molecule has 2 aromatic rings. The molecule has 0 unspecified atom stereocenters. The molecule has 6 heteroatoms. The Labute approximate surface area is 128 Å². The van der Waals surface area contributed by atoms with Crippen molar-refractivity contribution >= 4 is 16.7 Å². The molecular formula is C16H20N4O2. The minimum absolute atomic E-state index is 0.0440. The predicted molar refractivity (Wildman–Crippen MR) is 84.6 cm³/mol. The fourth-order valence-corrected chi connectivity index (χ4v) is 2.81. The summed E-state index contributed by atoms with van der Waals surface area (Å²) in [5.74, 6) is 0.476. The van der Waals surface area contributed by atoms with Crippen molar-refractivity contribution in [2.24, 2.45) is 5.92 Å². The molecule has 1 aromatic heterocycles. The van der Waals surface area contributed by atoms with Crippen LogP contribution in [-0.2, 0) is 11.3 Å². The third-order valence-electron chi connectivity index (χ3n) is 4.04. The van der Waals surface area contributed by atoms with Crippen molar-refractivity contribution in [1.82, 2.24) is 20.4 Å². The number of aromatic nitrogens is 2. The van der Waals surface area contributed by atoms with Gasteiger partial charge in [-0.2, -0.15) is 5.10 Å². The second kappa shape index (κ2) is 6.70. The first-order valence-corrected chi connectivity index (χ1v) is 7.66. The number of carbonyl (C=O) groups is 1. The average molecular weight is 300 g/mol. The molecule has 1 aromatic carbocycles. The minimum atomic E-state index is -0.118. The first-order chi connectivity index (χ1) is 10.7. The van der Waals surface area contributed by atoms with E-state index in [0.29, 0.717) is 30.8 Å². The van der Waals surface area contributed by atoms with Crippen LogP contribution in [0.2, 0.25) is 0 Å². The van der Waals surface area contributed by atoms with Crippen molar-refractivity contribution < 1.29 is 4.79 Å². The fourth-order valence-electron chi connectivity index (χ4n) is 2.81. The number of rotatable bonds is 5. The average Bonchev–Trinajstić information content (AvgIpc) is 3.03. The second-order valence-corrected chi connectivity index (χ2v) is 5.67. The molecule has 0 bridgehead atoms. The minimum Gasteiger partial charge on any atom is -0.354 e. The topological polar surface area (TPSA) is 76.0 Å². The monoisotopic (exact) mass is 300 g/mol. The number of amides is 1. The van der Waals surface area contributed by atoms with Crippen LogP contribution in [0.3, 0.4) is 0 Å². The van der Waals surface area contributed by atoms with Gasteiger partial charge in [0.1, 0.15) is 0 Å². The lowest BCUT2D eigenvalue weighted by molar-refractivity contribution is -0.121. The molecular weight excluding hydrogens is 280 g/mol. The number of fused-ring (bicyclic) bond motifs is 1. The van der Waals surface area contributed by atoms with Gasteiger partial charge in [0.15, 0.2) is 0 Å². The summed E-state index contributed by atoms with van der Waals surface area (Å²) >= 11 is 0. The zero-order chi connectivity index (χ0) is 15.4. The molecule has 0 spiro atoms. The summed E-state index contributed by atoms with van der Waals surface area (Å²) < 4.78 is 1.40. The summed E-state index contributed by atoms with van der Waals surface area (Å²) in [6.45, 7) is 2.72. The number of nitrogens with one attached hydrogen (secondary N) is 2. The zero-order valence-corrected chi connectivity index (χ0v) is 12.4. The normalized spacial score (nSPS) is 17.7. The van der Waals surface area contributed by atoms with E-state index < -0.39 is 0 Å². The number of hydrogen-bond donors (Lipinski definition) is 2. The maximum atomic E-state index is 12.3. The highest BCUT2D eigenvalue weighted by Gasteiger charge is 2.17. The van der Waals surface area contributed by atoms with Crippen molar-refractivity contribution in [2.45, 2.75) is 19.4 Å². The van der Waals surface area contributed by atoms with Crippen LogP contribution in [0.25, 0.3) is 10.8 Å². The summed E-state index contributed by atoms with van der Waals surface area (Å²) in [6.07, 6.45) is 3.29. The van der Waals surface area contributed by atoms with Crippen LogP contribution in [-0.4, -0.2) is 35.3 Å². The third kappa shape index (κ3) is 3.33. The Balaban J connectivity index is 1.56. The van der Waals surface area contributed by atoms with Gasteiger partial charge in [-0.1, -0.05) is 18.2 Å². The molecule has 1 amide bonds. The smallest absolute Gasteiger partial charge is 0.274 e. The Bertz CT molecular complexity index is 719. The molecule has 2 N–H and O–H groups in total. The van der Waals surface area contributed by atoms with Gasteiger partial charge in [-0.15, -0.1) is 0 Å². The molecule has 2 heterocycles. The molecule has 1 fully saturated rings. The van der Waals surface area contributed by atoms with Crippen molar-refractivity contribution in [3.8, 4) is 0 Å². The van der Waals surface area contributed by atoms with E-state index in [4.69, 9.17) is 0 Å². The molecule has 1 saturated heterocycles. The van der Waals surface area contributed by atoms with E-state index in [-0.39, 0.29) is 11.5 Å². The molecule has 1 aliphatic rings. The van der Waals surface area contributed by atoms with Gasteiger partial charge < -0.3 is 10.6 Å². The van der Waals surface area contributed by atoms with Crippen LogP contribution in [0.5, 0.6) is 0 Å². The lowest BCUT2D eigenvalue weighted by atomic mass is 10.0. The lowest BCUT2D eigenvalue weighted by Gasteiger charge is -2.10. The highest BCUT2D eigenvalue weighted by atomic mass is 16.1. The van der Waals surface area contributed by atoms with E-state index in [1.807, 2.05) is 18.2 Å². The van der Waals surface area contributed by atoms with Gasteiger partial charge in [-0.3, -0.25) is 9.59 Å². The van der Waals surface area contributed by atoms with E-state index in [1.54, 1.807) is 12.3 Å². The van der Waals surface area contributed by atoms with E-state index in [2.05, 4.69) is 15.7 Å². The third-order valence-corrected chi connectivity index (χ3v) is 4.04. The summed E-state index contributed by atoms with van der Waals surface area (Å²) in [5.41, 5.74) is -0.118. The van der Waals surface area contributed by atoms with Crippen molar-refractivity contribution in [3.63, 3.8) is 0 Å². The zero-order valence-electron chi connectivity index (χ0n) is 12.4. The standard InChI is InChI=1S/C16H20N4O2/c21-15(9-12-5-6-17-10-12)18-7-8-20-16(22)14-4-2-1-3-13(14)11-19-20/h1-4,11-12,17H,5-10H2,(H,18,21)/t12-/m1/s1. The van der Waals surface area contributed by atoms with Crippen molar-refractivity contribution in [3.05, 3.63) is 40.8 Å². The number of benzene rings is 1. The van der Waals surface area contributed by atoms with Crippen LogP contribution in [0.1, 0.15) is 12.8 Å². The number of carbonyl (C=O) groups excluding carboxylic acids is 1. The Morgan fingerprint density at radius 1 is 1.41 bits per heavy atom. The summed E-state index contributed by atoms with van der Waals surface area (Å²) in [4.78, 5) is 24.1. The molecule has 1 aliphatic heterocycles. The van der Waals surface area contributed by atoms with E-state index in [0.717, 1.165) is 24.9 Å². The Kier molecular flexibility index (Phi) is 4.48. The Morgan fingerprint density at radius 3 is 3.09 bits per heavy atom. The van der Waals surface area contributed by atoms with Crippen LogP contribution >= 0.6 is 0 Å². The molecule has 0 radical (unpaired) electrons. The van der Waals surface area contributed by atoms with E-state index >= 15 is 0 Å². The van der Waals surface area contributed by atoms with Crippen molar-refractivity contribution in [2.75, 3.05) is 19.6 Å². The largest absolute Gasteiger partial charge is 0.354 e. The second-order valence-electron chi connectivity index (χ2n) is 5.67. The highest BCUT2D eigenvalue weighted by molar-refractivity contribution is 5.80. The van der Waals surface area contributed by atoms with Crippen LogP contribution in [0, 0.1) is 5.92 Å². The van der Waals surface area contributed by atoms with Gasteiger partial charge >= 0.3 is 0 Å². The molecule has 0 saturated carbocycles. The van der Waals surface area contributed by atoms with Crippen LogP contribution in [0.15, 0.2) is 35.3 Å². The Hall–Kier alpha value is -2.21. The van der Waals surface area contributed by atoms with Gasteiger partial charge in [0, 0.05) is 18.4 Å². The van der Waals surface area contributed by atoms with Crippen LogP contribution in [0.4, 0.5) is 0 Å². The first-order valence-electron chi connectivity index (χ1n) is 7.66. The highest BCUT2D eigenvalue weighted by Crippen LogP contribution is 2.11. The molecule has 0 aliphatic carbocycles. The quantitative estimate of drug-likeness (QED) is 0.844. The molecule has 22 heavy (non-hydrogen) atoms. The van der Waals surface area contributed by atoms with Gasteiger partial charge in [0.25, 0.3) is 5.56 Å².